The molecule has 0 N–H and O–H groups in total. The topological polar surface area (TPSA) is 38.8 Å². The third-order valence-electron chi connectivity index (χ3n) is 4.32. The molecule has 130 valence electrons. The van der Waals surface area contributed by atoms with Gasteiger partial charge in [-0.3, -0.25) is 4.79 Å². The molecule has 0 amide bonds. The van der Waals surface area contributed by atoms with Gasteiger partial charge in [-0.1, -0.05) is 72.3 Å². The lowest BCUT2D eigenvalue weighted by Gasteiger charge is -2.11. The molecule has 0 saturated carbocycles. The summed E-state index contributed by atoms with van der Waals surface area (Å²) < 4.78 is 11.5. The van der Waals surface area contributed by atoms with Gasteiger partial charge < -0.3 is 9.47 Å². The molecule has 0 aromatic heterocycles. The number of epoxide rings is 1. The molecule has 3 nitrogen and oxygen atoms in total. The lowest BCUT2D eigenvalue weighted by molar-refractivity contribution is 0.0949. The highest BCUT2D eigenvalue weighted by Crippen LogP contribution is 2.42. The molecule has 1 aliphatic heterocycles. The van der Waals surface area contributed by atoms with Gasteiger partial charge in [0.25, 0.3) is 0 Å². The summed E-state index contributed by atoms with van der Waals surface area (Å²) in [5, 5.41) is 0.498. The molecular formula is C22H17ClO3. The van der Waals surface area contributed by atoms with Crippen molar-refractivity contribution in [3.8, 4) is 5.75 Å². The molecular weight excluding hydrogens is 348 g/mol. The van der Waals surface area contributed by atoms with Crippen molar-refractivity contribution in [2.75, 3.05) is 0 Å². The van der Waals surface area contributed by atoms with Crippen molar-refractivity contribution in [3.63, 3.8) is 0 Å². The first-order valence-electron chi connectivity index (χ1n) is 8.43. The molecule has 0 bridgehead atoms. The van der Waals surface area contributed by atoms with Crippen molar-refractivity contribution in [1.82, 2.24) is 0 Å². The van der Waals surface area contributed by atoms with Crippen molar-refractivity contribution in [1.29, 1.82) is 0 Å². The number of rotatable bonds is 6. The van der Waals surface area contributed by atoms with E-state index in [0.29, 0.717) is 22.9 Å². The van der Waals surface area contributed by atoms with Crippen LogP contribution in [0, 0.1) is 0 Å². The van der Waals surface area contributed by atoms with Crippen LogP contribution in [-0.4, -0.2) is 11.9 Å². The van der Waals surface area contributed by atoms with Gasteiger partial charge in [-0.15, -0.1) is 0 Å². The van der Waals surface area contributed by atoms with Crippen LogP contribution in [0.1, 0.15) is 27.6 Å². The second kappa shape index (κ2) is 7.32. The van der Waals surface area contributed by atoms with Gasteiger partial charge in [0.2, 0.25) is 0 Å². The van der Waals surface area contributed by atoms with E-state index in [1.54, 1.807) is 18.2 Å². The molecule has 1 saturated heterocycles. The third-order valence-corrected chi connectivity index (χ3v) is 4.56. The van der Waals surface area contributed by atoms with Crippen LogP contribution in [0.25, 0.3) is 0 Å². The predicted molar refractivity (Wildman–Crippen MR) is 101 cm³/mol. The number of hydrogen-bond acceptors (Lipinski definition) is 3. The summed E-state index contributed by atoms with van der Waals surface area (Å²) in [6.07, 6.45) is -0.695. The zero-order valence-corrected chi connectivity index (χ0v) is 14.7. The van der Waals surface area contributed by atoms with Crippen LogP contribution in [0.4, 0.5) is 0 Å². The van der Waals surface area contributed by atoms with E-state index in [2.05, 4.69) is 0 Å². The van der Waals surface area contributed by atoms with Gasteiger partial charge in [-0.25, -0.2) is 0 Å². The van der Waals surface area contributed by atoms with E-state index in [-0.39, 0.29) is 11.9 Å². The van der Waals surface area contributed by atoms with E-state index >= 15 is 0 Å². The second-order valence-electron chi connectivity index (χ2n) is 6.17. The number of ketones is 1. The Hall–Kier alpha value is -2.62. The average Bonchev–Trinajstić information content (AvgIpc) is 3.49. The number of halogens is 1. The minimum Gasteiger partial charge on any atom is -0.488 e. The second-order valence-corrected chi connectivity index (χ2v) is 6.60. The summed E-state index contributed by atoms with van der Waals surface area (Å²) in [6.45, 7) is 0.385. The molecule has 1 fully saturated rings. The first kappa shape index (κ1) is 16.8. The van der Waals surface area contributed by atoms with Crippen LogP contribution in [0.5, 0.6) is 5.75 Å². The molecule has 4 heteroatoms. The van der Waals surface area contributed by atoms with Gasteiger partial charge in [-0.05, 0) is 29.3 Å². The fraction of sp³-hybridized carbons (Fsp3) is 0.136. The Bertz CT molecular complexity index is 909. The van der Waals surface area contributed by atoms with Crippen LogP contribution in [0.2, 0.25) is 5.02 Å². The summed E-state index contributed by atoms with van der Waals surface area (Å²) >= 11 is 6.11. The fourth-order valence-corrected chi connectivity index (χ4v) is 3.09. The normalized spacial score (nSPS) is 18.3. The molecule has 3 aromatic carbocycles. The van der Waals surface area contributed by atoms with Crippen LogP contribution in [0.15, 0.2) is 78.9 Å². The van der Waals surface area contributed by atoms with Gasteiger partial charge in [0.15, 0.2) is 11.9 Å². The van der Waals surface area contributed by atoms with E-state index in [1.807, 2.05) is 60.7 Å². The molecule has 26 heavy (non-hydrogen) atoms. The maximum absolute atomic E-state index is 12.9. The van der Waals surface area contributed by atoms with Gasteiger partial charge in [-0.2, -0.15) is 0 Å². The number of carbonyl (C=O) groups is 1. The van der Waals surface area contributed by atoms with Crippen molar-refractivity contribution >= 4 is 17.4 Å². The number of hydrogen-bond donors (Lipinski definition) is 0. The molecule has 0 aliphatic carbocycles. The van der Waals surface area contributed by atoms with Crippen molar-refractivity contribution < 1.29 is 14.3 Å². The molecule has 4 rings (SSSR count). The Balaban J connectivity index is 1.52. The molecule has 0 spiro atoms. The molecule has 2 atom stereocenters. The van der Waals surface area contributed by atoms with Crippen LogP contribution < -0.4 is 4.74 Å². The Morgan fingerprint density at radius 3 is 2.38 bits per heavy atom. The quantitative estimate of drug-likeness (QED) is 0.443. The van der Waals surface area contributed by atoms with E-state index in [1.165, 1.54) is 0 Å². The third kappa shape index (κ3) is 3.64. The maximum Gasteiger partial charge on any atom is 0.198 e. The number of benzene rings is 3. The number of ether oxygens (including phenoxy) is 2. The first-order chi connectivity index (χ1) is 12.7. The lowest BCUT2D eigenvalue weighted by atomic mass is 10.0. The van der Waals surface area contributed by atoms with E-state index in [0.717, 1.165) is 11.1 Å². The minimum absolute atomic E-state index is 0.107. The maximum atomic E-state index is 12.9. The number of carbonyl (C=O) groups excluding carboxylic acids is 1. The lowest BCUT2D eigenvalue weighted by Crippen LogP contribution is -2.11. The SMILES string of the molecule is O=C(c1cc(Cl)ccc1OCc1ccccc1)[C@@H]1O[C@H]1c1ccccc1. The van der Waals surface area contributed by atoms with Gasteiger partial charge in [0.1, 0.15) is 18.5 Å². The Morgan fingerprint density at radius 1 is 0.962 bits per heavy atom. The van der Waals surface area contributed by atoms with Crippen molar-refractivity contribution in [2.45, 2.75) is 18.8 Å². The predicted octanol–water partition coefficient (Wildman–Crippen LogP) is 5.24. The van der Waals surface area contributed by atoms with Crippen LogP contribution in [-0.2, 0) is 11.3 Å². The monoisotopic (exact) mass is 364 g/mol. The molecule has 0 radical (unpaired) electrons. The Morgan fingerprint density at radius 2 is 1.65 bits per heavy atom. The highest BCUT2D eigenvalue weighted by atomic mass is 35.5. The first-order valence-corrected chi connectivity index (χ1v) is 8.81. The summed E-state index contributed by atoms with van der Waals surface area (Å²) in [6, 6.07) is 24.7. The van der Waals surface area contributed by atoms with Crippen molar-refractivity contribution in [2.24, 2.45) is 0 Å². The van der Waals surface area contributed by atoms with Crippen molar-refractivity contribution in [3.05, 3.63) is 101 Å². The van der Waals surface area contributed by atoms with E-state index in [4.69, 9.17) is 21.1 Å². The summed E-state index contributed by atoms with van der Waals surface area (Å²) in [7, 11) is 0. The van der Waals surface area contributed by atoms with Crippen LogP contribution >= 0.6 is 11.6 Å². The summed E-state index contributed by atoms with van der Waals surface area (Å²) in [5.41, 5.74) is 2.49. The van der Waals surface area contributed by atoms with Gasteiger partial charge >= 0.3 is 0 Å². The summed E-state index contributed by atoms with van der Waals surface area (Å²) in [5.74, 6) is 0.412. The molecule has 3 aromatic rings. The van der Waals surface area contributed by atoms with Crippen LogP contribution in [0.3, 0.4) is 0 Å². The molecule has 0 unspecified atom stereocenters. The van der Waals surface area contributed by atoms with Gasteiger partial charge in [0, 0.05) is 5.02 Å². The van der Waals surface area contributed by atoms with Gasteiger partial charge in [0.05, 0.1) is 5.56 Å². The molecule has 1 heterocycles. The largest absolute Gasteiger partial charge is 0.488 e. The zero-order chi connectivity index (χ0) is 17.9. The minimum atomic E-state index is -0.491. The summed E-state index contributed by atoms with van der Waals surface area (Å²) in [4.78, 5) is 12.9. The Kier molecular flexibility index (Phi) is 4.74. The van der Waals surface area contributed by atoms with E-state index < -0.39 is 6.10 Å². The number of Topliss-reactive ketones (excluding diaryl/α,β-unsaturated/α-hetero) is 1. The zero-order valence-electron chi connectivity index (χ0n) is 14.0. The Labute approximate surface area is 157 Å². The molecule has 1 aliphatic rings. The standard InChI is InChI=1S/C22H17ClO3/c23-17-11-12-19(25-14-15-7-3-1-4-8-15)18(13-17)20(24)22-21(26-22)16-9-5-2-6-10-16/h1-13,21-22H,14H2/t21-,22-/m0/s1. The highest BCUT2D eigenvalue weighted by molar-refractivity contribution is 6.31. The fourth-order valence-electron chi connectivity index (χ4n) is 2.92. The highest BCUT2D eigenvalue weighted by Gasteiger charge is 2.46. The average molecular weight is 365 g/mol. The smallest absolute Gasteiger partial charge is 0.198 e. The van der Waals surface area contributed by atoms with E-state index in [9.17, 15) is 4.79 Å².